The second-order valence-corrected chi connectivity index (χ2v) is 9.03. The molecule has 1 aliphatic heterocycles. The third-order valence-corrected chi connectivity index (χ3v) is 5.86. The van der Waals surface area contributed by atoms with Crippen LogP contribution < -0.4 is 5.32 Å². The average molecular weight is 406 g/mol. The van der Waals surface area contributed by atoms with E-state index in [-0.39, 0.29) is 5.82 Å². The molecule has 1 atom stereocenters. The third kappa shape index (κ3) is 4.40. The van der Waals surface area contributed by atoms with Crippen LogP contribution in [0.1, 0.15) is 19.4 Å². The van der Waals surface area contributed by atoms with E-state index in [1.54, 1.807) is 41.3 Å². The summed E-state index contributed by atoms with van der Waals surface area (Å²) in [6, 6.07) is 14.3. The van der Waals surface area contributed by atoms with Gasteiger partial charge in [-0.15, -0.1) is 0 Å². The number of urea groups is 1. The molecule has 2 N–H and O–H groups in total. The SMILES string of the molecule is CC1(C)SC(=S)N(Cc2ccc(F)cc2)C1N(O)C(=O)Nc1ccccc1. The highest BCUT2D eigenvalue weighted by Gasteiger charge is 2.49. The van der Waals surface area contributed by atoms with Crippen molar-refractivity contribution in [3.8, 4) is 0 Å². The molecule has 2 amide bonds. The number of nitrogens with zero attached hydrogens (tertiary/aromatic N) is 2. The quantitative estimate of drug-likeness (QED) is 0.439. The summed E-state index contributed by atoms with van der Waals surface area (Å²) in [5.74, 6) is -0.319. The summed E-state index contributed by atoms with van der Waals surface area (Å²) in [5.41, 5.74) is 1.41. The Morgan fingerprint density at radius 1 is 1.26 bits per heavy atom. The number of benzene rings is 2. The summed E-state index contributed by atoms with van der Waals surface area (Å²) in [7, 11) is 0. The fraction of sp³-hybridized carbons (Fsp3) is 0.263. The number of hydrogen-bond acceptors (Lipinski definition) is 4. The first kappa shape index (κ1) is 19.6. The maximum Gasteiger partial charge on any atom is 0.347 e. The number of carbonyl (C=O) groups excluding carboxylic acids is 1. The fourth-order valence-corrected chi connectivity index (χ4v) is 4.86. The minimum Gasteiger partial charge on any atom is -0.329 e. The van der Waals surface area contributed by atoms with Gasteiger partial charge in [0.15, 0.2) is 0 Å². The maximum absolute atomic E-state index is 13.2. The van der Waals surface area contributed by atoms with Crippen molar-refractivity contribution in [2.75, 3.05) is 5.32 Å². The zero-order valence-electron chi connectivity index (χ0n) is 14.9. The van der Waals surface area contributed by atoms with E-state index in [0.29, 0.717) is 21.6 Å². The Kier molecular flexibility index (Phi) is 5.69. The molecule has 1 heterocycles. The van der Waals surface area contributed by atoms with E-state index in [0.717, 1.165) is 5.56 Å². The van der Waals surface area contributed by atoms with Gasteiger partial charge in [-0.05, 0) is 43.7 Å². The molecule has 0 saturated carbocycles. The van der Waals surface area contributed by atoms with Gasteiger partial charge in [-0.25, -0.2) is 9.18 Å². The second-order valence-electron chi connectivity index (χ2n) is 6.74. The molecule has 1 unspecified atom stereocenters. The summed E-state index contributed by atoms with van der Waals surface area (Å²) in [6.07, 6.45) is -0.677. The second kappa shape index (κ2) is 7.84. The van der Waals surface area contributed by atoms with Crippen LogP contribution >= 0.6 is 24.0 Å². The van der Waals surface area contributed by atoms with Crippen molar-refractivity contribution in [1.82, 2.24) is 9.96 Å². The van der Waals surface area contributed by atoms with Crippen molar-refractivity contribution in [2.45, 2.75) is 31.3 Å². The highest BCUT2D eigenvalue weighted by atomic mass is 32.2. The first-order valence-electron chi connectivity index (χ1n) is 8.36. The molecule has 27 heavy (non-hydrogen) atoms. The summed E-state index contributed by atoms with van der Waals surface area (Å²) in [4.78, 5) is 14.3. The van der Waals surface area contributed by atoms with Crippen molar-refractivity contribution in [3.63, 3.8) is 0 Å². The molecule has 0 aliphatic carbocycles. The smallest absolute Gasteiger partial charge is 0.329 e. The zero-order chi connectivity index (χ0) is 19.6. The fourth-order valence-electron chi connectivity index (χ4n) is 2.99. The Morgan fingerprint density at radius 3 is 2.52 bits per heavy atom. The van der Waals surface area contributed by atoms with Crippen LogP contribution in [0.15, 0.2) is 54.6 Å². The predicted molar refractivity (Wildman–Crippen MR) is 109 cm³/mol. The molecular weight excluding hydrogens is 385 g/mol. The van der Waals surface area contributed by atoms with Crippen LogP contribution in [0.4, 0.5) is 14.9 Å². The summed E-state index contributed by atoms with van der Waals surface area (Å²) in [5, 5.41) is 14.0. The van der Waals surface area contributed by atoms with Gasteiger partial charge in [0, 0.05) is 12.2 Å². The van der Waals surface area contributed by atoms with Gasteiger partial charge in [0.1, 0.15) is 16.3 Å². The Bertz CT molecular complexity index is 831. The number of halogens is 1. The highest BCUT2D eigenvalue weighted by molar-refractivity contribution is 8.24. The van der Waals surface area contributed by atoms with Crippen molar-refractivity contribution >= 4 is 40.0 Å². The van der Waals surface area contributed by atoms with E-state index in [9.17, 15) is 14.4 Å². The number of rotatable bonds is 4. The number of para-hydroxylation sites is 1. The first-order chi connectivity index (χ1) is 12.8. The predicted octanol–water partition coefficient (Wildman–Crippen LogP) is 4.69. The molecule has 2 aromatic rings. The van der Waals surface area contributed by atoms with Gasteiger partial charge in [-0.1, -0.05) is 54.3 Å². The van der Waals surface area contributed by atoms with Crippen LogP contribution in [0, 0.1) is 5.82 Å². The van der Waals surface area contributed by atoms with E-state index in [4.69, 9.17) is 12.2 Å². The lowest BCUT2D eigenvalue weighted by molar-refractivity contribution is -0.115. The van der Waals surface area contributed by atoms with Gasteiger partial charge in [0.2, 0.25) is 0 Å². The normalized spacial score (nSPS) is 18.4. The molecule has 1 fully saturated rings. The highest BCUT2D eigenvalue weighted by Crippen LogP contribution is 2.43. The number of hydrogen-bond donors (Lipinski definition) is 2. The molecule has 8 heteroatoms. The Balaban J connectivity index is 1.81. The molecule has 0 bridgehead atoms. The van der Waals surface area contributed by atoms with Gasteiger partial charge in [-0.2, -0.15) is 5.06 Å². The van der Waals surface area contributed by atoms with Gasteiger partial charge < -0.3 is 10.2 Å². The van der Waals surface area contributed by atoms with Crippen molar-refractivity contribution in [2.24, 2.45) is 0 Å². The zero-order valence-corrected chi connectivity index (χ0v) is 16.6. The van der Waals surface area contributed by atoms with Crippen molar-refractivity contribution in [1.29, 1.82) is 0 Å². The Morgan fingerprint density at radius 2 is 1.89 bits per heavy atom. The number of anilines is 1. The van der Waals surface area contributed by atoms with Gasteiger partial charge in [-0.3, -0.25) is 5.21 Å². The number of hydroxylamine groups is 2. The molecule has 0 radical (unpaired) electrons. The minimum absolute atomic E-state index is 0.319. The van der Waals surface area contributed by atoms with Crippen molar-refractivity contribution in [3.05, 3.63) is 66.0 Å². The number of amides is 2. The van der Waals surface area contributed by atoms with E-state index >= 15 is 0 Å². The van der Waals surface area contributed by atoms with Gasteiger partial charge in [0.25, 0.3) is 0 Å². The van der Waals surface area contributed by atoms with Gasteiger partial charge >= 0.3 is 6.03 Å². The van der Waals surface area contributed by atoms with Crippen LogP contribution in [0.25, 0.3) is 0 Å². The van der Waals surface area contributed by atoms with E-state index in [2.05, 4.69) is 5.32 Å². The minimum atomic E-state index is -0.677. The van der Waals surface area contributed by atoms with E-state index < -0.39 is 16.9 Å². The number of thioether (sulfide) groups is 1. The van der Waals surface area contributed by atoms with Gasteiger partial charge in [0.05, 0.1) is 4.75 Å². The summed E-state index contributed by atoms with van der Waals surface area (Å²) in [6.45, 7) is 4.19. The monoisotopic (exact) mass is 405 g/mol. The topological polar surface area (TPSA) is 55.8 Å². The lowest BCUT2D eigenvalue weighted by Crippen LogP contribution is -2.55. The molecule has 142 valence electrons. The number of thiocarbonyl (C=S) groups is 1. The molecule has 2 aromatic carbocycles. The number of nitrogens with one attached hydrogen (secondary N) is 1. The van der Waals surface area contributed by atoms with Crippen LogP contribution in [0.2, 0.25) is 0 Å². The van der Waals surface area contributed by atoms with Crippen LogP contribution in [-0.4, -0.2) is 36.4 Å². The summed E-state index contributed by atoms with van der Waals surface area (Å²) < 4.78 is 13.2. The molecule has 5 nitrogen and oxygen atoms in total. The van der Waals surface area contributed by atoms with Crippen LogP contribution in [-0.2, 0) is 6.54 Å². The van der Waals surface area contributed by atoms with E-state index in [1.165, 1.54) is 23.9 Å². The lowest BCUT2D eigenvalue weighted by Gasteiger charge is -2.36. The first-order valence-corrected chi connectivity index (χ1v) is 9.58. The lowest BCUT2D eigenvalue weighted by atomic mass is 10.1. The molecule has 0 spiro atoms. The Labute approximate surface area is 167 Å². The third-order valence-electron chi connectivity index (χ3n) is 4.23. The molecular formula is C19H20FN3O2S2. The molecule has 0 aromatic heterocycles. The number of carbonyl (C=O) groups is 1. The maximum atomic E-state index is 13.2. The standard InChI is InChI=1S/C19H20FN3O2S2/c1-19(2)16(23(25)17(24)21-15-6-4-3-5-7-15)22(18(26)27-19)12-13-8-10-14(20)11-9-13/h3-11,16,25H,12H2,1-2H3,(H,21,24). The summed E-state index contributed by atoms with van der Waals surface area (Å²) >= 11 is 6.89. The van der Waals surface area contributed by atoms with Crippen molar-refractivity contribution < 1.29 is 14.4 Å². The Hall–Kier alpha value is -2.16. The average Bonchev–Trinajstić information content (AvgIpc) is 2.85. The largest absolute Gasteiger partial charge is 0.347 e. The van der Waals surface area contributed by atoms with Crippen LogP contribution in [0.3, 0.4) is 0 Å². The van der Waals surface area contributed by atoms with E-state index in [1.807, 2.05) is 19.9 Å². The molecule has 1 saturated heterocycles. The van der Waals surface area contributed by atoms with Crippen LogP contribution in [0.5, 0.6) is 0 Å². The molecule has 3 rings (SSSR count). The molecule has 1 aliphatic rings.